The van der Waals surface area contributed by atoms with E-state index in [4.69, 9.17) is 29.5 Å². The SMILES string of the molecule is [2H]c1c([2H])c([2H])c(-c2c([2H])c([2H])c(-c3nc(-c4ccccc4)nc(-c4ccccc4)n3)c3oc4c([2H])c([2H])c5c([2H])c([2H])c([2H])c([2H])c5c4c23)c([2H])c1[2H]. The third-order valence-corrected chi connectivity index (χ3v) is 6.61. The van der Waals surface area contributed by atoms with Gasteiger partial charge in [0.15, 0.2) is 17.5 Å². The van der Waals surface area contributed by atoms with E-state index in [0.717, 1.165) is 0 Å². The van der Waals surface area contributed by atoms with Crippen LogP contribution in [0.4, 0.5) is 0 Å². The van der Waals surface area contributed by atoms with E-state index in [2.05, 4.69) is 4.98 Å². The molecule has 0 unspecified atom stereocenters. The molecule has 8 aromatic rings. The van der Waals surface area contributed by atoms with Gasteiger partial charge in [0.2, 0.25) is 0 Å². The van der Waals surface area contributed by atoms with Crippen molar-refractivity contribution < 1.29 is 22.2 Å². The van der Waals surface area contributed by atoms with E-state index in [1.54, 1.807) is 48.5 Å². The van der Waals surface area contributed by atoms with E-state index in [9.17, 15) is 2.74 Å². The highest BCUT2D eigenvalue weighted by molar-refractivity contribution is 6.24. The van der Waals surface area contributed by atoms with Crippen molar-refractivity contribution in [2.75, 3.05) is 0 Å². The quantitative estimate of drug-likeness (QED) is 0.224. The molecule has 0 aliphatic heterocycles. The molecular formula is C37H23N3O. The zero-order chi connectivity index (χ0) is 38.5. The fourth-order valence-corrected chi connectivity index (χ4v) is 4.77. The largest absolute Gasteiger partial charge is 0.455 e. The lowest BCUT2D eigenvalue weighted by atomic mass is 9.95. The lowest BCUT2D eigenvalue weighted by Gasteiger charge is -2.10. The van der Waals surface area contributed by atoms with Crippen molar-refractivity contribution in [2.24, 2.45) is 0 Å². The predicted octanol–water partition coefficient (Wildman–Crippen LogP) is 9.59. The highest BCUT2D eigenvalue weighted by Crippen LogP contribution is 2.43. The summed E-state index contributed by atoms with van der Waals surface area (Å²) in [4.78, 5) is 14.1. The highest BCUT2D eigenvalue weighted by Gasteiger charge is 2.21. The van der Waals surface area contributed by atoms with Crippen molar-refractivity contribution in [2.45, 2.75) is 0 Å². The van der Waals surface area contributed by atoms with Gasteiger partial charge in [-0.1, -0.05) is 127 Å². The van der Waals surface area contributed by atoms with Gasteiger partial charge >= 0.3 is 0 Å². The van der Waals surface area contributed by atoms with Crippen LogP contribution in [-0.4, -0.2) is 15.0 Å². The van der Waals surface area contributed by atoms with Gasteiger partial charge in [-0.15, -0.1) is 0 Å². The van der Waals surface area contributed by atoms with Crippen molar-refractivity contribution in [1.82, 2.24) is 15.0 Å². The zero-order valence-electron chi connectivity index (χ0n) is 34.0. The molecule has 4 heteroatoms. The number of hydrogen-bond acceptors (Lipinski definition) is 4. The van der Waals surface area contributed by atoms with Gasteiger partial charge in [-0.25, -0.2) is 15.0 Å². The second-order valence-corrected chi connectivity index (χ2v) is 9.05. The fraction of sp³-hybridized carbons (Fsp3) is 0. The summed E-state index contributed by atoms with van der Waals surface area (Å²) in [5.74, 6) is 0.235. The minimum Gasteiger partial charge on any atom is -0.455 e. The third-order valence-electron chi connectivity index (χ3n) is 6.61. The van der Waals surface area contributed by atoms with E-state index >= 15 is 0 Å². The van der Waals surface area contributed by atoms with Crippen LogP contribution in [0.3, 0.4) is 0 Å². The van der Waals surface area contributed by atoms with Crippen molar-refractivity contribution in [3.63, 3.8) is 0 Å². The molecule has 0 saturated heterocycles. The summed E-state index contributed by atoms with van der Waals surface area (Å²) >= 11 is 0. The number of aromatic nitrogens is 3. The smallest absolute Gasteiger partial charge is 0.167 e. The standard InChI is InChI=1S/C37H23N3O/c1-4-12-24(13-5-1)29-21-22-30(34-33(29)32-28-19-11-10-14-25(28)20-23-31(32)41-34)37-39-35(26-15-6-2-7-16-26)38-36(40-37)27-17-8-3-9-18-27/h1-23H/i1D,4D,5D,10D,11D,12D,13D,14D,19D,20D,21D,22D,23D. The summed E-state index contributed by atoms with van der Waals surface area (Å²) < 4.78 is 120. The van der Waals surface area contributed by atoms with Crippen molar-refractivity contribution in [1.29, 1.82) is 0 Å². The van der Waals surface area contributed by atoms with Gasteiger partial charge in [0.25, 0.3) is 0 Å². The van der Waals surface area contributed by atoms with Gasteiger partial charge in [0.05, 0.1) is 23.4 Å². The molecule has 41 heavy (non-hydrogen) atoms. The summed E-state index contributed by atoms with van der Waals surface area (Å²) in [6.07, 6.45) is 0. The number of rotatable bonds is 4. The molecule has 0 fully saturated rings. The second kappa shape index (κ2) is 9.54. The lowest BCUT2D eigenvalue weighted by molar-refractivity contribution is 0.670. The Morgan fingerprint density at radius 2 is 1.10 bits per heavy atom. The van der Waals surface area contributed by atoms with Crippen molar-refractivity contribution in [3.8, 4) is 45.3 Å². The van der Waals surface area contributed by atoms with Crippen LogP contribution in [-0.2, 0) is 0 Å². The Morgan fingerprint density at radius 1 is 0.488 bits per heavy atom. The maximum absolute atomic E-state index is 9.45. The summed E-state index contributed by atoms with van der Waals surface area (Å²) in [6, 6.07) is 9.39. The monoisotopic (exact) mass is 538 g/mol. The Balaban J connectivity index is 1.65. The first-order valence-corrected chi connectivity index (χ1v) is 12.6. The molecule has 0 aliphatic carbocycles. The van der Waals surface area contributed by atoms with Crippen LogP contribution < -0.4 is 0 Å². The van der Waals surface area contributed by atoms with Crippen LogP contribution in [0.1, 0.15) is 17.8 Å². The Morgan fingerprint density at radius 3 is 1.80 bits per heavy atom. The normalized spacial score (nSPS) is 15.9. The molecule has 0 atom stereocenters. The van der Waals surface area contributed by atoms with Crippen LogP contribution in [0, 0.1) is 0 Å². The van der Waals surface area contributed by atoms with Gasteiger partial charge in [-0.2, -0.15) is 0 Å². The van der Waals surface area contributed by atoms with Gasteiger partial charge in [-0.3, -0.25) is 0 Å². The molecule has 4 nitrogen and oxygen atoms in total. The van der Waals surface area contributed by atoms with Gasteiger partial charge in [0, 0.05) is 21.9 Å². The number of benzene rings is 6. The van der Waals surface area contributed by atoms with E-state index in [1.807, 2.05) is 12.1 Å². The maximum atomic E-state index is 9.45. The fourth-order valence-electron chi connectivity index (χ4n) is 4.77. The topological polar surface area (TPSA) is 51.8 Å². The summed E-state index contributed by atoms with van der Waals surface area (Å²) in [6.45, 7) is 0. The Kier molecular flexibility index (Phi) is 3.17. The molecule has 0 aliphatic rings. The molecule has 0 bridgehead atoms. The van der Waals surface area contributed by atoms with Crippen LogP contribution in [0.15, 0.2) is 144 Å². The molecule has 0 radical (unpaired) electrons. The molecule has 0 amide bonds. The number of fused-ring (bicyclic) bond motifs is 5. The highest BCUT2D eigenvalue weighted by atomic mass is 16.3. The molecule has 8 rings (SSSR count). The summed E-state index contributed by atoms with van der Waals surface area (Å²) in [5.41, 5.74) is -0.499. The average Bonchev–Trinajstić information content (AvgIpc) is 3.57. The molecule has 6 aromatic carbocycles. The van der Waals surface area contributed by atoms with E-state index in [-0.39, 0.29) is 61.3 Å². The van der Waals surface area contributed by atoms with Gasteiger partial charge in [0.1, 0.15) is 11.2 Å². The van der Waals surface area contributed by atoms with Crippen LogP contribution in [0.25, 0.3) is 78.0 Å². The van der Waals surface area contributed by atoms with Crippen LogP contribution >= 0.6 is 0 Å². The van der Waals surface area contributed by atoms with Crippen molar-refractivity contribution in [3.05, 3.63) is 139 Å². The molecule has 2 heterocycles. The Hall–Kier alpha value is -5.61. The molecule has 0 saturated carbocycles. The van der Waals surface area contributed by atoms with Gasteiger partial charge < -0.3 is 4.42 Å². The Labute approximate surface area is 254 Å². The Bertz CT molecular complexity index is 2830. The minimum absolute atomic E-state index is 0.151. The number of nitrogens with zero attached hydrogens (tertiary/aromatic N) is 3. The second-order valence-electron chi connectivity index (χ2n) is 9.05. The first kappa shape index (κ1) is 13.6. The van der Waals surface area contributed by atoms with Gasteiger partial charge in [-0.05, 0) is 34.0 Å². The van der Waals surface area contributed by atoms with E-state index in [1.165, 1.54) is 0 Å². The molecule has 0 N–H and O–H groups in total. The van der Waals surface area contributed by atoms with Crippen LogP contribution in [0.2, 0.25) is 0 Å². The molecular weight excluding hydrogens is 502 g/mol. The average molecular weight is 539 g/mol. The summed E-state index contributed by atoms with van der Waals surface area (Å²) in [5, 5.41) is -0.941. The minimum atomic E-state index is -0.721. The molecule has 192 valence electrons. The number of furan rings is 1. The van der Waals surface area contributed by atoms with E-state index in [0.29, 0.717) is 11.1 Å². The third kappa shape index (κ3) is 3.97. The maximum Gasteiger partial charge on any atom is 0.167 e. The van der Waals surface area contributed by atoms with Crippen LogP contribution in [0.5, 0.6) is 0 Å². The predicted molar refractivity (Wildman–Crippen MR) is 166 cm³/mol. The molecule has 2 aromatic heterocycles. The number of hydrogen-bond donors (Lipinski definition) is 0. The van der Waals surface area contributed by atoms with Crippen molar-refractivity contribution >= 4 is 32.7 Å². The lowest BCUT2D eigenvalue weighted by Crippen LogP contribution is -2.00. The zero-order valence-corrected chi connectivity index (χ0v) is 21.0. The van der Waals surface area contributed by atoms with E-state index < -0.39 is 84.1 Å². The summed E-state index contributed by atoms with van der Waals surface area (Å²) in [7, 11) is 0. The molecule has 0 spiro atoms. The first-order valence-electron chi connectivity index (χ1n) is 19.1. The first-order chi connectivity index (χ1) is 25.7.